The number of nitrogens with two attached hydrogens (primary N) is 1. The van der Waals surface area contributed by atoms with Crippen molar-refractivity contribution < 1.29 is 0 Å². The Morgan fingerprint density at radius 1 is 1.56 bits per heavy atom. The Bertz CT molecular complexity index is 554. The quantitative estimate of drug-likeness (QED) is 0.881. The minimum atomic E-state index is 0.367. The van der Waals surface area contributed by atoms with Gasteiger partial charge in [-0.2, -0.15) is 0 Å². The van der Waals surface area contributed by atoms with Crippen LogP contribution < -0.4 is 10.6 Å². The van der Waals surface area contributed by atoms with Gasteiger partial charge in [-0.1, -0.05) is 23.8 Å². The first-order valence-electron chi connectivity index (χ1n) is 5.25. The van der Waals surface area contributed by atoms with Crippen molar-refractivity contribution in [3.05, 3.63) is 45.4 Å². The molecule has 2 rings (SSSR count). The standard InChI is InChI=1S/C12H12ClN3S2/c1-16(5-9-6-18-7-15-9)11-4-8(13)2-3-10(11)12(14)17/h2-4,6-7H,5H2,1H3,(H2,14,17). The Balaban J connectivity index is 2.31. The van der Waals surface area contributed by atoms with Crippen LogP contribution in [0.4, 0.5) is 5.69 Å². The van der Waals surface area contributed by atoms with E-state index in [1.165, 1.54) is 0 Å². The molecule has 0 radical (unpaired) electrons. The summed E-state index contributed by atoms with van der Waals surface area (Å²) >= 11 is 12.7. The van der Waals surface area contributed by atoms with E-state index in [1.807, 2.05) is 35.0 Å². The molecule has 18 heavy (non-hydrogen) atoms. The van der Waals surface area contributed by atoms with Gasteiger partial charge in [-0.05, 0) is 18.2 Å². The molecule has 1 aromatic carbocycles. The summed E-state index contributed by atoms with van der Waals surface area (Å²) in [6, 6.07) is 5.50. The normalized spacial score (nSPS) is 10.3. The van der Waals surface area contributed by atoms with Crippen LogP contribution in [0.5, 0.6) is 0 Å². The van der Waals surface area contributed by atoms with E-state index < -0.39 is 0 Å². The highest BCUT2D eigenvalue weighted by Crippen LogP contribution is 2.25. The Kier molecular flexibility index (Phi) is 4.16. The van der Waals surface area contributed by atoms with Crippen LogP contribution in [0.1, 0.15) is 11.3 Å². The number of hydrogen-bond acceptors (Lipinski definition) is 4. The monoisotopic (exact) mass is 297 g/mol. The van der Waals surface area contributed by atoms with Crippen LogP contribution in [0.3, 0.4) is 0 Å². The molecular weight excluding hydrogens is 286 g/mol. The summed E-state index contributed by atoms with van der Waals surface area (Å²) in [7, 11) is 1.97. The molecule has 0 aliphatic carbocycles. The second kappa shape index (κ2) is 5.65. The molecule has 1 aromatic heterocycles. The van der Waals surface area contributed by atoms with Crippen molar-refractivity contribution in [3.8, 4) is 0 Å². The molecule has 94 valence electrons. The molecule has 0 amide bonds. The van der Waals surface area contributed by atoms with Crippen LogP contribution in [-0.4, -0.2) is 17.0 Å². The fourth-order valence-electron chi connectivity index (χ4n) is 1.67. The molecule has 0 aliphatic heterocycles. The van der Waals surface area contributed by atoms with Crippen molar-refractivity contribution in [3.63, 3.8) is 0 Å². The first-order chi connectivity index (χ1) is 8.58. The molecule has 0 atom stereocenters. The zero-order chi connectivity index (χ0) is 13.1. The van der Waals surface area contributed by atoms with E-state index in [1.54, 1.807) is 17.4 Å². The summed E-state index contributed by atoms with van der Waals surface area (Å²) in [5, 5.41) is 2.68. The molecule has 0 spiro atoms. The van der Waals surface area contributed by atoms with E-state index in [4.69, 9.17) is 29.6 Å². The molecule has 0 saturated heterocycles. The SMILES string of the molecule is CN(Cc1cscn1)c1cc(Cl)ccc1C(N)=S. The highest BCUT2D eigenvalue weighted by Gasteiger charge is 2.11. The molecule has 6 heteroatoms. The van der Waals surface area contributed by atoms with Crippen molar-refractivity contribution in [2.24, 2.45) is 5.73 Å². The van der Waals surface area contributed by atoms with Gasteiger partial charge in [0.25, 0.3) is 0 Å². The number of thiazole rings is 1. The number of rotatable bonds is 4. The van der Waals surface area contributed by atoms with Crippen molar-refractivity contribution in [2.45, 2.75) is 6.54 Å². The minimum absolute atomic E-state index is 0.367. The average Bonchev–Trinajstić information content (AvgIpc) is 2.81. The van der Waals surface area contributed by atoms with Crippen LogP contribution in [0.15, 0.2) is 29.1 Å². The number of benzene rings is 1. The number of hydrogen-bond donors (Lipinski definition) is 1. The molecule has 0 unspecified atom stereocenters. The summed E-state index contributed by atoms with van der Waals surface area (Å²) in [6.07, 6.45) is 0. The third-order valence-corrected chi connectivity index (χ3v) is 3.61. The fraction of sp³-hybridized carbons (Fsp3) is 0.167. The number of anilines is 1. The van der Waals surface area contributed by atoms with Crippen molar-refractivity contribution in [1.29, 1.82) is 0 Å². The maximum Gasteiger partial charge on any atom is 0.106 e. The van der Waals surface area contributed by atoms with E-state index in [-0.39, 0.29) is 0 Å². The summed E-state index contributed by atoms with van der Waals surface area (Å²) < 4.78 is 0. The number of aromatic nitrogens is 1. The Hall–Kier alpha value is -1.17. The molecule has 0 aliphatic rings. The van der Waals surface area contributed by atoms with Gasteiger partial charge in [-0.25, -0.2) is 4.98 Å². The highest BCUT2D eigenvalue weighted by molar-refractivity contribution is 7.80. The van der Waals surface area contributed by atoms with E-state index in [9.17, 15) is 0 Å². The molecule has 1 heterocycles. The first-order valence-corrected chi connectivity index (χ1v) is 6.98. The molecular formula is C12H12ClN3S2. The predicted molar refractivity (Wildman–Crippen MR) is 81.6 cm³/mol. The van der Waals surface area contributed by atoms with Crippen LogP contribution >= 0.6 is 35.2 Å². The highest BCUT2D eigenvalue weighted by atomic mass is 35.5. The van der Waals surface area contributed by atoms with E-state index in [0.717, 1.165) is 16.9 Å². The summed E-state index contributed by atoms with van der Waals surface area (Å²) in [5.41, 5.74) is 10.3. The van der Waals surface area contributed by atoms with Crippen LogP contribution in [0, 0.1) is 0 Å². The lowest BCUT2D eigenvalue weighted by atomic mass is 10.1. The molecule has 2 aromatic rings. The van der Waals surface area contributed by atoms with Gasteiger partial charge < -0.3 is 10.6 Å². The smallest absolute Gasteiger partial charge is 0.106 e. The third kappa shape index (κ3) is 2.98. The van der Waals surface area contributed by atoms with Gasteiger partial charge >= 0.3 is 0 Å². The van der Waals surface area contributed by atoms with Crippen molar-refractivity contribution in [1.82, 2.24) is 4.98 Å². The van der Waals surface area contributed by atoms with E-state index in [2.05, 4.69) is 4.98 Å². The number of nitrogens with zero attached hydrogens (tertiary/aromatic N) is 2. The zero-order valence-electron chi connectivity index (χ0n) is 9.76. The second-order valence-corrected chi connectivity index (χ2v) is 5.46. The van der Waals surface area contributed by atoms with Crippen LogP contribution in [0.25, 0.3) is 0 Å². The Labute approximate surface area is 120 Å². The van der Waals surface area contributed by atoms with Crippen LogP contribution in [-0.2, 0) is 6.54 Å². The van der Waals surface area contributed by atoms with Gasteiger partial charge in [-0.15, -0.1) is 11.3 Å². The fourth-order valence-corrected chi connectivity index (χ4v) is 2.56. The van der Waals surface area contributed by atoms with Gasteiger partial charge in [0, 0.05) is 28.7 Å². The average molecular weight is 298 g/mol. The predicted octanol–water partition coefficient (Wildman–Crippen LogP) is 3.07. The van der Waals surface area contributed by atoms with Gasteiger partial charge in [0.05, 0.1) is 17.7 Å². The lowest BCUT2D eigenvalue weighted by Gasteiger charge is -2.21. The molecule has 0 bridgehead atoms. The first kappa shape index (κ1) is 13.3. The molecule has 3 nitrogen and oxygen atoms in total. The summed E-state index contributed by atoms with van der Waals surface area (Å²) in [4.78, 5) is 6.66. The van der Waals surface area contributed by atoms with Crippen LogP contribution in [0.2, 0.25) is 5.02 Å². The Morgan fingerprint density at radius 3 is 2.94 bits per heavy atom. The topological polar surface area (TPSA) is 42.2 Å². The maximum absolute atomic E-state index is 6.02. The minimum Gasteiger partial charge on any atom is -0.389 e. The molecule has 0 saturated carbocycles. The summed E-state index contributed by atoms with van der Waals surface area (Å²) in [6.45, 7) is 0.694. The number of halogens is 1. The van der Waals surface area contributed by atoms with Gasteiger partial charge in [0.1, 0.15) is 4.99 Å². The third-order valence-electron chi connectivity index (χ3n) is 2.52. The van der Waals surface area contributed by atoms with E-state index >= 15 is 0 Å². The Morgan fingerprint density at radius 2 is 2.33 bits per heavy atom. The van der Waals surface area contributed by atoms with Crippen molar-refractivity contribution in [2.75, 3.05) is 11.9 Å². The number of thiocarbonyl (C=S) groups is 1. The van der Waals surface area contributed by atoms with Gasteiger partial charge in [0.2, 0.25) is 0 Å². The maximum atomic E-state index is 6.02. The molecule has 0 fully saturated rings. The summed E-state index contributed by atoms with van der Waals surface area (Å²) in [5.74, 6) is 0. The van der Waals surface area contributed by atoms with Crippen molar-refractivity contribution >= 4 is 45.8 Å². The van der Waals surface area contributed by atoms with Gasteiger partial charge in [0.15, 0.2) is 0 Å². The molecule has 2 N–H and O–H groups in total. The largest absolute Gasteiger partial charge is 0.389 e. The lowest BCUT2D eigenvalue weighted by Crippen LogP contribution is -2.21. The second-order valence-electron chi connectivity index (χ2n) is 3.86. The lowest BCUT2D eigenvalue weighted by molar-refractivity contribution is 0.894. The zero-order valence-corrected chi connectivity index (χ0v) is 12.1. The van der Waals surface area contributed by atoms with Gasteiger partial charge in [-0.3, -0.25) is 0 Å². The van der Waals surface area contributed by atoms with E-state index in [0.29, 0.717) is 16.6 Å².